The molecule has 2 aromatic rings. The van der Waals surface area contributed by atoms with Crippen molar-refractivity contribution in [3.05, 3.63) is 34.0 Å². The lowest BCUT2D eigenvalue weighted by molar-refractivity contribution is -0.900. The summed E-state index contributed by atoms with van der Waals surface area (Å²) in [5.74, 6) is 0. The molecule has 0 radical (unpaired) electrons. The minimum absolute atomic E-state index is 0.419. The topological polar surface area (TPSA) is 15.8 Å². The highest BCUT2D eigenvalue weighted by atomic mass is 35.5. The summed E-state index contributed by atoms with van der Waals surface area (Å²) in [6, 6.07) is 4.59. The van der Waals surface area contributed by atoms with E-state index >= 15 is 0 Å². The smallest absolute Gasteiger partial charge is 0.113 e. The van der Waals surface area contributed by atoms with Crippen molar-refractivity contribution in [2.24, 2.45) is 0 Å². The first-order chi connectivity index (χ1) is 8.23. The van der Waals surface area contributed by atoms with Gasteiger partial charge in [-0.25, -0.2) is 0 Å². The van der Waals surface area contributed by atoms with Crippen LogP contribution in [-0.4, -0.2) is 30.6 Å². The Morgan fingerprint density at radius 2 is 1.78 bits per heavy atom. The lowest BCUT2D eigenvalue weighted by atomic mass is 10.0. The summed E-state index contributed by atoms with van der Waals surface area (Å²) in [5.41, 5.74) is 4.98. The Kier molecular flexibility index (Phi) is 3.20. The minimum atomic E-state index is 0.419. The van der Waals surface area contributed by atoms with Gasteiger partial charge in [0.05, 0.1) is 31.7 Å². The fourth-order valence-electron chi connectivity index (χ4n) is 2.33. The number of hydrogen-bond donors (Lipinski definition) is 1. The number of benzene rings is 1. The molecular weight excluding hydrogens is 244 g/mol. The Bertz CT molecular complexity index is 591. The minimum Gasteiger partial charge on any atom is -0.358 e. The van der Waals surface area contributed by atoms with Crippen LogP contribution in [0.25, 0.3) is 10.9 Å². The van der Waals surface area contributed by atoms with Gasteiger partial charge in [0.1, 0.15) is 6.04 Å². The van der Waals surface area contributed by atoms with Crippen molar-refractivity contribution in [3.63, 3.8) is 0 Å². The summed E-state index contributed by atoms with van der Waals surface area (Å²) in [4.78, 5) is 3.49. The second-order valence-corrected chi connectivity index (χ2v) is 6.46. The molecule has 2 nitrogen and oxygen atoms in total. The lowest BCUT2D eigenvalue weighted by Gasteiger charge is -2.32. The summed E-state index contributed by atoms with van der Waals surface area (Å²) in [6.45, 7) is 6.49. The molecule has 1 atom stereocenters. The molecule has 18 heavy (non-hydrogen) atoms. The van der Waals surface area contributed by atoms with Crippen LogP contribution in [-0.2, 0) is 0 Å². The molecule has 98 valence electrons. The quantitative estimate of drug-likeness (QED) is 0.783. The average Bonchev–Trinajstić information content (AvgIpc) is 2.55. The number of fused-ring (bicyclic) bond motifs is 1. The van der Waals surface area contributed by atoms with E-state index in [4.69, 9.17) is 11.6 Å². The molecule has 0 bridgehead atoms. The van der Waals surface area contributed by atoms with Crippen molar-refractivity contribution in [2.75, 3.05) is 21.1 Å². The highest BCUT2D eigenvalue weighted by molar-refractivity contribution is 6.35. The van der Waals surface area contributed by atoms with E-state index in [1.807, 2.05) is 6.07 Å². The number of aryl methyl sites for hydroxylation is 2. The Morgan fingerprint density at radius 3 is 2.33 bits per heavy atom. The highest BCUT2D eigenvalue weighted by Crippen LogP contribution is 2.35. The van der Waals surface area contributed by atoms with Gasteiger partial charge in [0.15, 0.2) is 0 Å². The third-order valence-electron chi connectivity index (χ3n) is 4.05. The molecule has 0 saturated heterocycles. The van der Waals surface area contributed by atoms with Gasteiger partial charge in [-0.2, -0.15) is 0 Å². The Morgan fingerprint density at radius 1 is 1.17 bits per heavy atom. The van der Waals surface area contributed by atoms with E-state index in [9.17, 15) is 0 Å². The van der Waals surface area contributed by atoms with Crippen LogP contribution < -0.4 is 0 Å². The molecule has 1 aromatic carbocycles. The Balaban J connectivity index is 2.75. The fraction of sp³-hybridized carbons (Fsp3) is 0.467. The first kappa shape index (κ1) is 13.4. The fourth-order valence-corrected chi connectivity index (χ4v) is 2.63. The molecule has 0 aliphatic heterocycles. The maximum atomic E-state index is 6.34. The predicted molar refractivity (Wildman–Crippen MR) is 79.2 cm³/mol. The molecular formula is C15H22ClN2+. The first-order valence-electron chi connectivity index (χ1n) is 6.32. The van der Waals surface area contributed by atoms with E-state index < -0.39 is 0 Å². The van der Waals surface area contributed by atoms with Crippen molar-refractivity contribution in [3.8, 4) is 0 Å². The SMILES string of the molecule is Cc1[nH]c2c(C(C)[N+](C)(C)C)ccc(Cl)c2c1C. The zero-order valence-electron chi connectivity index (χ0n) is 12.1. The summed E-state index contributed by atoms with van der Waals surface area (Å²) in [5, 5.41) is 2.01. The lowest BCUT2D eigenvalue weighted by Crippen LogP contribution is -2.37. The Labute approximate surface area is 114 Å². The summed E-state index contributed by atoms with van der Waals surface area (Å²) in [7, 11) is 6.65. The van der Waals surface area contributed by atoms with Gasteiger partial charge in [-0.05, 0) is 38.5 Å². The van der Waals surface area contributed by atoms with E-state index in [1.54, 1.807) is 0 Å². The molecule has 1 N–H and O–H groups in total. The third kappa shape index (κ3) is 2.04. The van der Waals surface area contributed by atoms with Crippen molar-refractivity contribution in [2.45, 2.75) is 26.8 Å². The summed E-state index contributed by atoms with van der Waals surface area (Å²) >= 11 is 6.34. The number of quaternary nitrogens is 1. The second kappa shape index (κ2) is 4.29. The number of nitrogens with one attached hydrogen (secondary N) is 1. The number of nitrogens with zero attached hydrogens (tertiary/aromatic N) is 1. The van der Waals surface area contributed by atoms with Gasteiger partial charge in [0.2, 0.25) is 0 Å². The molecule has 1 heterocycles. The van der Waals surface area contributed by atoms with E-state index in [2.05, 4.69) is 53.0 Å². The number of H-pyrrole nitrogens is 1. The van der Waals surface area contributed by atoms with Crippen LogP contribution in [0, 0.1) is 13.8 Å². The number of aromatic amines is 1. The van der Waals surface area contributed by atoms with E-state index in [1.165, 1.54) is 27.7 Å². The van der Waals surface area contributed by atoms with Crippen molar-refractivity contribution >= 4 is 22.5 Å². The summed E-state index contributed by atoms with van der Waals surface area (Å²) in [6.07, 6.45) is 0. The standard InChI is InChI=1S/C15H22ClN2/c1-9-10(2)17-15-12(11(3)18(4,5)6)7-8-13(16)14(9)15/h7-8,11,17H,1-6H3/q+1. The molecule has 1 unspecified atom stereocenters. The van der Waals surface area contributed by atoms with Gasteiger partial charge in [0, 0.05) is 16.6 Å². The van der Waals surface area contributed by atoms with E-state index in [-0.39, 0.29) is 0 Å². The molecule has 0 aliphatic rings. The van der Waals surface area contributed by atoms with Gasteiger partial charge in [-0.3, -0.25) is 0 Å². The van der Waals surface area contributed by atoms with Crippen molar-refractivity contribution < 1.29 is 4.48 Å². The van der Waals surface area contributed by atoms with Crippen LogP contribution in [0.1, 0.15) is 29.8 Å². The van der Waals surface area contributed by atoms with Crippen LogP contribution in [0.15, 0.2) is 12.1 Å². The third-order valence-corrected chi connectivity index (χ3v) is 4.36. The molecule has 0 amide bonds. The molecule has 0 saturated carbocycles. The van der Waals surface area contributed by atoms with Gasteiger partial charge in [-0.15, -0.1) is 0 Å². The average molecular weight is 266 g/mol. The number of halogens is 1. The molecule has 1 aromatic heterocycles. The van der Waals surface area contributed by atoms with Crippen LogP contribution in [0.3, 0.4) is 0 Å². The predicted octanol–water partition coefficient (Wildman–Crippen LogP) is 4.21. The molecule has 0 spiro atoms. The molecule has 0 aliphatic carbocycles. The molecule has 0 fully saturated rings. The maximum absolute atomic E-state index is 6.34. The van der Waals surface area contributed by atoms with Gasteiger partial charge >= 0.3 is 0 Å². The van der Waals surface area contributed by atoms with Crippen LogP contribution >= 0.6 is 11.6 Å². The normalized spacial score (nSPS) is 14.2. The van der Waals surface area contributed by atoms with Crippen molar-refractivity contribution in [1.82, 2.24) is 4.98 Å². The largest absolute Gasteiger partial charge is 0.358 e. The van der Waals surface area contributed by atoms with E-state index in [0.29, 0.717) is 6.04 Å². The van der Waals surface area contributed by atoms with Gasteiger partial charge in [-0.1, -0.05) is 11.6 Å². The van der Waals surface area contributed by atoms with Crippen molar-refractivity contribution in [1.29, 1.82) is 0 Å². The zero-order valence-corrected chi connectivity index (χ0v) is 12.8. The number of rotatable bonds is 2. The monoisotopic (exact) mass is 265 g/mol. The highest BCUT2D eigenvalue weighted by Gasteiger charge is 2.24. The molecule has 2 rings (SSSR count). The summed E-state index contributed by atoms with van der Waals surface area (Å²) < 4.78 is 0.897. The number of hydrogen-bond acceptors (Lipinski definition) is 0. The first-order valence-corrected chi connectivity index (χ1v) is 6.69. The van der Waals surface area contributed by atoms with Crippen LogP contribution in [0.2, 0.25) is 5.02 Å². The molecule has 3 heteroatoms. The van der Waals surface area contributed by atoms with Gasteiger partial charge in [0.25, 0.3) is 0 Å². The van der Waals surface area contributed by atoms with Crippen LogP contribution in [0.5, 0.6) is 0 Å². The van der Waals surface area contributed by atoms with Gasteiger partial charge < -0.3 is 9.47 Å². The van der Waals surface area contributed by atoms with E-state index in [0.717, 1.165) is 9.51 Å². The van der Waals surface area contributed by atoms with Crippen LogP contribution in [0.4, 0.5) is 0 Å². The zero-order chi connectivity index (χ0) is 13.7. The number of aromatic nitrogens is 1. The Hall–Kier alpha value is -0.990. The second-order valence-electron chi connectivity index (χ2n) is 6.05. The maximum Gasteiger partial charge on any atom is 0.113 e.